The molecule has 27 heavy (non-hydrogen) atoms. The lowest BCUT2D eigenvalue weighted by atomic mass is 10.0. The van der Waals surface area contributed by atoms with E-state index in [9.17, 15) is 9.59 Å². The van der Waals surface area contributed by atoms with Gasteiger partial charge in [0.1, 0.15) is 0 Å². The smallest absolute Gasteiger partial charge is 0.318 e. The minimum absolute atomic E-state index is 0.420. The molecule has 0 atom stereocenters. The Morgan fingerprint density at radius 3 is 2.37 bits per heavy atom. The van der Waals surface area contributed by atoms with Gasteiger partial charge in [-0.1, -0.05) is 42.5 Å². The SMILES string of the molecule is CC(=NNC(=O)C(=O)Nc1ccc(C#N)cc1)c1cccc2ccccc12. The molecule has 0 unspecified atom stereocenters. The van der Waals surface area contributed by atoms with Crippen LogP contribution in [0.5, 0.6) is 0 Å². The molecule has 0 saturated heterocycles. The molecule has 132 valence electrons. The van der Waals surface area contributed by atoms with Crippen molar-refractivity contribution in [2.75, 3.05) is 5.32 Å². The number of fused-ring (bicyclic) bond motifs is 1. The third kappa shape index (κ3) is 4.17. The predicted molar refractivity (Wildman–Crippen MR) is 104 cm³/mol. The minimum Gasteiger partial charge on any atom is -0.318 e. The Morgan fingerprint density at radius 1 is 0.926 bits per heavy atom. The molecule has 0 bridgehead atoms. The predicted octanol–water partition coefficient (Wildman–Crippen LogP) is 3.19. The molecule has 3 rings (SSSR count). The number of nitrogens with zero attached hydrogens (tertiary/aromatic N) is 2. The summed E-state index contributed by atoms with van der Waals surface area (Å²) in [4.78, 5) is 24.0. The summed E-state index contributed by atoms with van der Waals surface area (Å²) in [7, 11) is 0. The summed E-state index contributed by atoms with van der Waals surface area (Å²) in [6, 6.07) is 21.9. The van der Waals surface area contributed by atoms with Crippen molar-refractivity contribution in [1.29, 1.82) is 5.26 Å². The van der Waals surface area contributed by atoms with Crippen LogP contribution < -0.4 is 10.7 Å². The standard InChI is InChI=1S/C21H16N4O2/c1-14(18-8-4-6-16-5-2-3-7-19(16)18)24-25-21(27)20(26)23-17-11-9-15(13-22)10-12-17/h2-12H,1H3,(H,23,26)(H,25,27). The van der Waals surface area contributed by atoms with Crippen molar-refractivity contribution in [3.05, 3.63) is 77.9 Å². The van der Waals surface area contributed by atoms with Crippen molar-refractivity contribution in [2.45, 2.75) is 6.92 Å². The first-order valence-corrected chi connectivity index (χ1v) is 8.22. The number of hydrogen-bond donors (Lipinski definition) is 2. The molecule has 0 fully saturated rings. The first kappa shape index (κ1) is 17.8. The molecule has 0 aliphatic rings. The summed E-state index contributed by atoms with van der Waals surface area (Å²) in [5.41, 5.74) is 4.62. The van der Waals surface area contributed by atoms with Gasteiger partial charge in [-0.25, -0.2) is 5.43 Å². The maximum atomic E-state index is 12.0. The van der Waals surface area contributed by atoms with Crippen molar-refractivity contribution in [3.63, 3.8) is 0 Å². The van der Waals surface area contributed by atoms with E-state index in [1.807, 2.05) is 48.5 Å². The third-order valence-electron chi connectivity index (χ3n) is 3.98. The maximum Gasteiger partial charge on any atom is 0.329 e. The van der Waals surface area contributed by atoms with Gasteiger partial charge in [-0.15, -0.1) is 0 Å². The normalized spacial score (nSPS) is 10.9. The second-order valence-corrected chi connectivity index (χ2v) is 5.81. The first-order valence-electron chi connectivity index (χ1n) is 8.22. The van der Waals surface area contributed by atoms with Gasteiger partial charge in [0, 0.05) is 11.3 Å². The number of hydrazone groups is 1. The van der Waals surface area contributed by atoms with E-state index < -0.39 is 11.8 Å². The van der Waals surface area contributed by atoms with E-state index in [0.717, 1.165) is 16.3 Å². The zero-order chi connectivity index (χ0) is 19.2. The number of amides is 2. The molecule has 0 aliphatic carbocycles. The van der Waals surface area contributed by atoms with Crippen molar-refractivity contribution >= 4 is 34.0 Å². The molecule has 0 heterocycles. The molecule has 6 heteroatoms. The van der Waals surface area contributed by atoms with E-state index in [1.54, 1.807) is 31.2 Å². The quantitative estimate of drug-likeness (QED) is 0.429. The van der Waals surface area contributed by atoms with E-state index in [4.69, 9.17) is 5.26 Å². The van der Waals surface area contributed by atoms with Crippen LogP contribution in [0.15, 0.2) is 71.8 Å². The highest BCUT2D eigenvalue weighted by Gasteiger charge is 2.13. The molecule has 3 aromatic rings. The van der Waals surface area contributed by atoms with Gasteiger partial charge < -0.3 is 5.32 Å². The topological polar surface area (TPSA) is 94.3 Å². The highest BCUT2D eigenvalue weighted by Crippen LogP contribution is 2.19. The Kier molecular flexibility index (Phi) is 5.24. The van der Waals surface area contributed by atoms with Crippen LogP contribution in [0.4, 0.5) is 5.69 Å². The fourth-order valence-electron chi connectivity index (χ4n) is 2.60. The van der Waals surface area contributed by atoms with Crippen LogP contribution in [-0.2, 0) is 9.59 Å². The third-order valence-corrected chi connectivity index (χ3v) is 3.98. The van der Waals surface area contributed by atoms with E-state index >= 15 is 0 Å². The molecule has 0 spiro atoms. The summed E-state index contributed by atoms with van der Waals surface area (Å²) in [5.74, 6) is -1.71. The maximum absolute atomic E-state index is 12.0. The summed E-state index contributed by atoms with van der Waals surface area (Å²) >= 11 is 0. The molecule has 2 N–H and O–H groups in total. The summed E-state index contributed by atoms with van der Waals surface area (Å²) in [6.07, 6.45) is 0. The Morgan fingerprint density at radius 2 is 1.63 bits per heavy atom. The number of nitrogens with one attached hydrogen (secondary N) is 2. The Labute approximate surface area is 156 Å². The van der Waals surface area contributed by atoms with Gasteiger partial charge in [-0.2, -0.15) is 10.4 Å². The van der Waals surface area contributed by atoms with Gasteiger partial charge in [0.25, 0.3) is 0 Å². The summed E-state index contributed by atoms with van der Waals surface area (Å²) < 4.78 is 0. The molecular formula is C21H16N4O2. The van der Waals surface area contributed by atoms with Crippen LogP contribution in [0.3, 0.4) is 0 Å². The lowest BCUT2D eigenvalue weighted by molar-refractivity contribution is -0.136. The van der Waals surface area contributed by atoms with E-state index in [2.05, 4.69) is 15.8 Å². The second kappa shape index (κ2) is 7.93. The van der Waals surface area contributed by atoms with E-state index in [1.165, 1.54) is 0 Å². The zero-order valence-corrected chi connectivity index (χ0v) is 14.6. The Bertz CT molecular complexity index is 1070. The van der Waals surface area contributed by atoms with Crippen LogP contribution in [0.25, 0.3) is 10.8 Å². The van der Waals surface area contributed by atoms with Crippen molar-refractivity contribution in [2.24, 2.45) is 5.10 Å². The molecule has 6 nitrogen and oxygen atoms in total. The van der Waals surface area contributed by atoms with Gasteiger partial charge in [0.15, 0.2) is 0 Å². The van der Waals surface area contributed by atoms with E-state index in [-0.39, 0.29) is 0 Å². The van der Waals surface area contributed by atoms with Crippen LogP contribution in [0, 0.1) is 11.3 Å². The first-order chi connectivity index (χ1) is 13.1. The number of carbonyl (C=O) groups excluding carboxylic acids is 2. The molecule has 0 aromatic heterocycles. The molecule has 2 amide bonds. The van der Waals surface area contributed by atoms with Gasteiger partial charge in [-0.05, 0) is 42.0 Å². The summed E-state index contributed by atoms with van der Waals surface area (Å²) in [5, 5.41) is 17.3. The number of carbonyl (C=O) groups is 2. The second-order valence-electron chi connectivity index (χ2n) is 5.81. The Balaban J connectivity index is 1.69. The minimum atomic E-state index is -0.876. The summed E-state index contributed by atoms with van der Waals surface area (Å²) in [6.45, 7) is 1.76. The zero-order valence-electron chi connectivity index (χ0n) is 14.6. The number of nitriles is 1. The van der Waals surface area contributed by atoms with Crippen LogP contribution >= 0.6 is 0 Å². The molecule has 0 saturated carbocycles. The van der Waals surface area contributed by atoms with Crippen molar-refractivity contribution in [3.8, 4) is 6.07 Å². The lowest BCUT2D eigenvalue weighted by Gasteiger charge is -2.07. The van der Waals surface area contributed by atoms with Gasteiger partial charge >= 0.3 is 11.8 Å². The monoisotopic (exact) mass is 356 g/mol. The highest BCUT2D eigenvalue weighted by molar-refractivity contribution is 6.39. The lowest BCUT2D eigenvalue weighted by Crippen LogP contribution is -2.32. The number of anilines is 1. The Hall–Kier alpha value is -3.98. The van der Waals surface area contributed by atoms with Gasteiger partial charge in [0.2, 0.25) is 0 Å². The average Bonchev–Trinajstić information content (AvgIpc) is 2.71. The number of benzene rings is 3. The van der Waals surface area contributed by atoms with Crippen molar-refractivity contribution in [1.82, 2.24) is 5.43 Å². The number of rotatable bonds is 3. The largest absolute Gasteiger partial charge is 0.329 e. The molecule has 0 aliphatic heterocycles. The fourth-order valence-corrected chi connectivity index (χ4v) is 2.60. The van der Waals surface area contributed by atoms with Crippen LogP contribution in [0.1, 0.15) is 18.1 Å². The average molecular weight is 356 g/mol. The van der Waals surface area contributed by atoms with Gasteiger partial charge in [0.05, 0.1) is 17.3 Å². The molecule has 0 radical (unpaired) electrons. The number of hydrogen-bond acceptors (Lipinski definition) is 4. The van der Waals surface area contributed by atoms with E-state index in [0.29, 0.717) is 17.0 Å². The fraction of sp³-hybridized carbons (Fsp3) is 0.0476. The molecule has 3 aromatic carbocycles. The highest BCUT2D eigenvalue weighted by atomic mass is 16.2. The van der Waals surface area contributed by atoms with Crippen molar-refractivity contribution < 1.29 is 9.59 Å². The van der Waals surface area contributed by atoms with Gasteiger partial charge in [-0.3, -0.25) is 9.59 Å². The van der Waals surface area contributed by atoms with Crippen LogP contribution in [0.2, 0.25) is 0 Å². The molecular weight excluding hydrogens is 340 g/mol. The van der Waals surface area contributed by atoms with Crippen LogP contribution in [-0.4, -0.2) is 17.5 Å².